The lowest BCUT2D eigenvalue weighted by Gasteiger charge is -2.29. The van der Waals surface area contributed by atoms with E-state index < -0.39 is 0 Å². The van der Waals surface area contributed by atoms with E-state index in [4.69, 9.17) is 27.9 Å². The van der Waals surface area contributed by atoms with Gasteiger partial charge < -0.3 is 4.74 Å². The number of allylic oxidation sites excluding steroid dienone is 4. The van der Waals surface area contributed by atoms with Crippen molar-refractivity contribution in [3.63, 3.8) is 0 Å². The molecule has 0 aromatic carbocycles. The molecule has 0 saturated heterocycles. The van der Waals surface area contributed by atoms with Crippen LogP contribution in [0.5, 0.6) is 0 Å². The standard InChI is InChI=1S/C15H20Cl2O/c1-3-11-8-12(16)5-7-15(11)18-13-6-4-10(2)14(17)9-13/h5,7-11,14-15H,3-4,6H2,1-2H3. The smallest absolute Gasteiger partial charge is 0.123 e. The van der Waals surface area contributed by atoms with Crippen LogP contribution in [0.3, 0.4) is 0 Å². The molecule has 2 aliphatic carbocycles. The first-order valence-electron chi connectivity index (χ1n) is 6.67. The summed E-state index contributed by atoms with van der Waals surface area (Å²) in [7, 11) is 0. The Labute approximate surface area is 119 Å². The van der Waals surface area contributed by atoms with Gasteiger partial charge in [0.2, 0.25) is 0 Å². The monoisotopic (exact) mass is 286 g/mol. The van der Waals surface area contributed by atoms with Crippen LogP contribution in [0.2, 0.25) is 0 Å². The zero-order chi connectivity index (χ0) is 13.1. The number of rotatable bonds is 3. The summed E-state index contributed by atoms with van der Waals surface area (Å²) in [6, 6.07) is 0. The molecule has 0 aromatic rings. The first-order valence-corrected chi connectivity index (χ1v) is 7.48. The van der Waals surface area contributed by atoms with Crippen LogP contribution in [0.25, 0.3) is 0 Å². The van der Waals surface area contributed by atoms with Crippen LogP contribution < -0.4 is 0 Å². The van der Waals surface area contributed by atoms with E-state index in [2.05, 4.69) is 32.1 Å². The Hall–Kier alpha value is -0.400. The van der Waals surface area contributed by atoms with E-state index in [1.165, 1.54) is 0 Å². The summed E-state index contributed by atoms with van der Waals surface area (Å²) in [5.74, 6) is 1.93. The Bertz CT molecular complexity index is 384. The van der Waals surface area contributed by atoms with Gasteiger partial charge in [0.05, 0.1) is 11.1 Å². The van der Waals surface area contributed by atoms with Crippen molar-refractivity contribution in [2.75, 3.05) is 0 Å². The van der Waals surface area contributed by atoms with Crippen molar-refractivity contribution in [2.24, 2.45) is 11.8 Å². The van der Waals surface area contributed by atoms with Gasteiger partial charge in [0.1, 0.15) is 6.10 Å². The molecule has 100 valence electrons. The number of halogens is 2. The highest BCUT2D eigenvalue weighted by atomic mass is 35.5. The van der Waals surface area contributed by atoms with Crippen LogP contribution in [0, 0.1) is 11.8 Å². The molecule has 0 heterocycles. The average molecular weight is 287 g/mol. The van der Waals surface area contributed by atoms with E-state index in [0.717, 1.165) is 30.1 Å². The van der Waals surface area contributed by atoms with Crippen LogP contribution in [-0.2, 0) is 4.74 Å². The average Bonchev–Trinajstić information content (AvgIpc) is 2.36. The summed E-state index contributed by atoms with van der Waals surface area (Å²) in [4.78, 5) is 0. The molecule has 0 saturated carbocycles. The molecule has 3 heteroatoms. The van der Waals surface area contributed by atoms with Gasteiger partial charge in [-0.25, -0.2) is 0 Å². The largest absolute Gasteiger partial charge is 0.490 e. The third kappa shape index (κ3) is 3.33. The minimum Gasteiger partial charge on any atom is -0.490 e. The van der Waals surface area contributed by atoms with Gasteiger partial charge >= 0.3 is 0 Å². The summed E-state index contributed by atoms with van der Waals surface area (Å²) in [5, 5.41) is 0.906. The van der Waals surface area contributed by atoms with Crippen LogP contribution in [-0.4, -0.2) is 11.5 Å². The third-order valence-corrected chi connectivity index (χ3v) is 4.54. The van der Waals surface area contributed by atoms with Gasteiger partial charge in [0.15, 0.2) is 0 Å². The maximum Gasteiger partial charge on any atom is 0.123 e. The van der Waals surface area contributed by atoms with E-state index in [9.17, 15) is 0 Å². The molecule has 0 aliphatic heterocycles. The number of alkyl halides is 1. The Morgan fingerprint density at radius 3 is 2.83 bits per heavy atom. The number of ether oxygens (including phenoxy) is 1. The fourth-order valence-corrected chi connectivity index (χ4v) is 2.89. The highest BCUT2D eigenvalue weighted by molar-refractivity contribution is 6.31. The van der Waals surface area contributed by atoms with Crippen molar-refractivity contribution in [3.05, 3.63) is 35.1 Å². The molecule has 0 radical (unpaired) electrons. The van der Waals surface area contributed by atoms with Crippen LogP contribution in [0.15, 0.2) is 35.1 Å². The topological polar surface area (TPSA) is 9.23 Å². The van der Waals surface area contributed by atoms with Crippen molar-refractivity contribution in [2.45, 2.75) is 44.6 Å². The molecule has 2 rings (SSSR count). The van der Waals surface area contributed by atoms with Gasteiger partial charge in [-0.15, -0.1) is 11.6 Å². The normalized spacial score (nSPS) is 36.0. The summed E-state index contributed by atoms with van der Waals surface area (Å²) in [5.41, 5.74) is 0. The maximum atomic E-state index is 6.27. The lowest BCUT2D eigenvalue weighted by atomic mass is 9.93. The second-order valence-electron chi connectivity index (χ2n) is 5.16. The molecule has 0 N–H and O–H groups in total. The zero-order valence-corrected chi connectivity index (χ0v) is 12.4. The molecule has 4 unspecified atom stereocenters. The van der Waals surface area contributed by atoms with E-state index in [-0.39, 0.29) is 11.5 Å². The van der Waals surface area contributed by atoms with Crippen molar-refractivity contribution in [3.8, 4) is 0 Å². The van der Waals surface area contributed by atoms with Gasteiger partial charge in [0, 0.05) is 17.4 Å². The Morgan fingerprint density at radius 1 is 1.39 bits per heavy atom. The molecule has 0 bridgehead atoms. The first-order chi connectivity index (χ1) is 8.60. The summed E-state index contributed by atoms with van der Waals surface area (Å²) in [6.45, 7) is 4.34. The van der Waals surface area contributed by atoms with Gasteiger partial charge in [-0.1, -0.05) is 31.5 Å². The van der Waals surface area contributed by atoms with Crippen LogP contribution >= 0.6 is 23.2 Å². The van der Waals surface area contributed by atoms with E-state index >= 15 is 0 Å². The second-order valence-corrected chi connectivity index (χ2v) is 6.10. The van der Waals surface area contributed by atoms with Crippen molar-refractivity contribution >= 4 is 23.2 Å². The van der Waals surface area contributed by atoms with Gasteiger partial charge in [-0.2, -0.15) is 0 Å². The fraction of sp³-hybridized carbons (Fsp3) is 0.600. The minimum absolute atomic E-state index is 0.0977. The highest BCUT2D eigenvalue weighted by Gasteiger charge is 2.25. The Balaban J connectivity index is 2.02. The molecule has 1 nitrogen and oxygen atoms in total. The fourth-order valence-electron chi connectivity index (χ4n) is 2.39. The summed E-state index contributed by atoms with van der Waals surface area (Å²) in [6.07, 6.45) is 11.3. The second kappa shape index (κ2) is 6.16. The third-order valence-electron chi connectivity index (χ3n) is 3.73. The molecular weight excluding hydrogens is 267 g/mol. The lowest BCUT2D eigenvalue weighted by molar-refractivity contribution is 0.103. The lowest BCUT2D eigenvalue weighted by Crippen LogP contribution is -2.24. The number of hydrogen-bond acceptors (Lipinski definition) is 1. The molecule has 0 spiro atoms. The molecule has 2 aliphatic rings. The molecular formula is C15H20Cl2O. The molecule has 0 amide bonds. The van der Waals surface area contributed by atoms with E-state index in [1.54, 1.807) is 0 Å². The summed E-state index contributed by atoms with van der Waals surface area (Å²) < 4.78 is 6.09. The van der Waals surface area contributed by atoms with E-state index in [0.29, 0.717) is 11.8 Å². The molecule has 0 aromatic heterocycles. The van der Waals surface area contributed by atoms with Crippen molar-refractivity contribution in [1.82, 2.24) is 0 Å². The molecule has 0 fully saturated rings. The van der Waals surface area contributed by atoms with Gasteiger partial charge in [-0.05, 0) is 37.0 Å². The van der Waals surface area contributed by atoms with Gasteiger partial charge in [0.25, 0.3) is 0 Å². The zero-order valence-electron chi connectivity index (χ0n) is 10.9. The first kappa shape index (κ1) is 14.0. The minimum atomic E-state index is 0.0977. The SMILES string of the molecule is CCC1C=C(Cl)C=CC1OC1=CC(Cl)C(C)CC1. The Morgan fingerprint density at radius 2 is 2.17 bits per heavy atom. The quantitative estimate of drug-likeness (QED) is 0.663. The van der Waals surface area contributed by atoms with E-state index in [1.807, 2.05) is 6.08 Å². The van der Waals surface area contributed by atoms with Crippen molar-refractivity contribution < 1.29 is 4.74 Å². The van der Waals surface area contributed by atoms with Gasteiger partial charge in [-0.3, -0.25) is 0 Å². The Kier molecular flexibility index (Phi) is 4.80. The molecule has 18 heavy (non-hydrogen) atoms. The van der Waals surface area contributed by atoms with Crippen LogP contribution in [0.1, 0.15) is 33.1 Å². The van der Waals surface area contributed by atoms with Crippen molar-refractivity contribution in [1.29, 1.82) is 0 Å². The van der Waals surface area contributed by atoms with Crippen LogP contribution in [0.4, 0.5) is 0 Å². The maximum absolute atomic E-state index is 6.27. The predicted molar refractivity (Wildman–Crippen MR) is 77.9 cm³/mol. The summed E-state index contributed by atoms with van der Waals surface area (Å²) >= 11 is 12.3. The molecule has 4 atom stereocenters. The number of hydrogen-bond donors (Lipinski definition) is 0. The predicted octanol–water partition coefficient (Wildman–Crippen LogP) is 5.01. The highest BCUT2D eigenvalue weighted by Crippen LogP contribution is 2.32.